The molecule has 0 bridgehead atoms. The van der Waals surface area contributed by atoms with E-state index in [4.69, 9.17) is 5.11 Å². The second-order valence-electron chi connectivity index (χ2n) is 3.69. The van der Waals surface area contributed by atoms with Gasteiger partial charge in [0.15, 0.2) is 0 Å². The van der Waals surface area contributed by atoms with E-state index in [9.17, 15) is 14.9 Å². The lowest BCUT2D eigenvalue weighted by Gasteiger charge is -2.07. The van der Waals surface area contributed by atoms with Crippen LogP contribution in [0.4, 0.5) is 5.69 Å². The molecule has 0 saturated carbocycles. The summed E-state index contributed by atoms with van der Waals surface area (Å²) < 4.78 is 1.39. The second kappa shape index (κ2) is 4.12. The molecule has 0 unspecified atom stereocenters. The highest BCUT2D eigenvalue weighted by atomic mass is 16.6. The van der Waals surface area contributed by atoms with Gasteiger partial charge in [-0.1, -0.05) is 13.8 Å². The summed E-state index contributed by atoms with van der Waals surface area (Å²) in [6, 6.07) is 1.07. The Labute approximate surface area is 86.3 Å². The third kappa shape index (κ3) is 2.55. The first-order chi connectivity index (χ1) is 6.91. The highest BCUT2D eigenvalue weighted by Gasteiger charge is 2.18. The van der Waals surface area contributed by atoms with Crippen LogP contribution >= 0.6 is 0 Å². The van der Waals surface area contributed by atoms with Gasteiger partial charge in [-0.05, 0) is 5.92 Å². The van der Waals surface area contributed by atoms with Crippen molar-refractivity contribution in [3.05, 3.63) is 28.1 Å². The molecule has 0 aliphatic rings. The van der Waals surface area contributed by atoms with Gasteiger partial charge >= 0.3 is 5.97 Å². The Kier molecular flexibility index (Phi) is 3.08. The molecule has 1 rings (SSSR count). The summed E-state index contributed by atoms with van der Waals surface area (Å²) in [5.41, 5.74) is -0.233. The van der Waals surface area contributed by atoms with Gasteiger partial charge in [0.25, 0.3) is 5.69 Å². The Morgan fingerprint density at radius 1 is 1.67 bits per heavy atom. The molecule has 0 atom stereocenters. The van der Waals surface area contributed by atoms with Gasteiger partial charge in [-0.15, -0.1) is 0 Å². The lowest BCUT2D eigenvalue weighted by molar-refractivity contribution is -0.384. The minimum atomic E-state index is -1.15. The highest BCUT2D eigenvalue weighted by molar-refractivity contribution is 5.86. The Balaban J connectivity index is 3.11. The fourth-order valence-electron chi connectivity index (χ4n) is 1.32. The molecule has 15 heavy (non-hydrogen) atoms. The lowest BCUT2D eigenvalue weighted by atomic mass is 10.2. The summed E-state index contributed by atoms with van der Waals surface area (Å²) in [5.74, 6) is -0.918. The van der Waals surface area contributed by atoms with E-state index < -0.39 is 10.9 Å². The summed E-state index contributed by atoms with van der Waals surface area (Å²) in [7, 11) is 0. The Hall–Kier alpha value is -1.85. The van der Waals surface area contributed by atoms with Crippen molar-refractivity contribution in [3.8, 4) is 0 Å². The Morgan fingerprint density at radius 2 is 2.27 bits per heavy atom. The predicted octanol–water partition coefficient (Wildman–Crippen LogP) is 1.75. The van der Waals surface area contributed by atoms with Crippen LogP contribution in [0.3, 0.4) is 0 Å². The minimum absolute atomic E-state index is 0.0459. The molecule has 6 nitrogen and oxygen atoms in total. The van der Waals surface area contributed by atoms with Crippen LogP contribution in [0.25, 0.3) is 0 Å². The Bertz CT molecular complexity index is 395. The molecule has 0 saturated heterocycles. The van der Waals surface area contributed by atoms with Gasteiger partial charge in [0, 0.05) is 12.6 Å². The monoisotopic (exact) mass is 212 g/mol. The van der Waals surface area contributed by atoms with E-state index in [2.05, 4.69) is 0 Å². The maximum absolute atomic E-state index is 10.8. The van der Waals surface area contributed by atoms with Crippen molar-refractivity contribution in [2.75, 3.05) is 0 Å². The maximum atomic E-state index is 10.8. The van der Waals surface area contributed by atoms with Crippen LogP contribution in [0.15, 0.2) is 12.3 Å². The number of rotatable bonds is 4. The van der Waals surface area contributed by atoms with Crippen LogP contribution in [0.2, 0.25) is 0 Å². The molecule has 1 aromatic rings. The van der Waals surface area contributed by atoms with Crippen molar-refractivity contribution in [1.29, 1.82) is 0 Å². The van der Waals surface area contributed by atoms with E-state index in [1.165, 1.54) is 10.8 Å². The van der Waals surface area contributed by atoms with Crippen molar-refractivity contribution >= 4 is 11.7 Å². The molecule has 1 N–H and O–H groups in total. The van der Waals surface area contributed by atoms with Gasteiger partial charge in [0.2, 0.25) is 0 Å². The molecule has 6 heteroatoms. The first-order valence-electron chi connectivity index (χ1n) is 4.49. The van der Waals surface area contributed by atoms with Crippen molar-refractivity contribution in [2.45, 2.75) is 20.4 Å². The number of carbonyl (C=O) groups is 1. The predicted molar refractivity (Wildman–Crippen MR) is 52.9 cm³/mol. The van der Waals surface area contributed by atoms with Crippen LogP contribution < -0.4 is 0 Å². The summed E-state index contributed by atoms with van der Waals surface area (Å²) in [6.07, 6.45) is 1.25. The van der Waals surface area contributed by atoms with Crippen molar-refractivity contribution < 1.29 is 14.8 Å². The number of carboxylic acid groups (broad SMARTS) is 1. The number of carboxylic acids is 1. The van der Waals surface area contributed by atoms with Crippen LogP contribution in [0.1, 0.15) is 24.3 Å². The average Bonchev–Trinajstić information content (AvgIpc) is 2.46. The van der Waals surface area contributed by atoms with Crippen molar-refractivity contribution in [1.82, 2.24) is 4.57 Å². The molecule has 1 aromatic heterocycles. The van der Waals surface area contributed by atoms with Gasteiger partial charge in [-0.3, -0.25) is 10.1 Å². The molecule has 0 aromatic carbocycles. The van der Waals surface area contributed by atoms with E-state index in [0.29, 0.717) is 6.54 Å². The highest BCUT2D eigenvalue weighted by Crippen LogP contribution is 2.17. The zero-order valence-electron chi connectivity index (χ0n) is 8.51. The van der Waals surface area contributed by atoms with E-state index >= 15 is 0 Å². The number of hydrogen-bond acceptors (Lipinski definition) is 3. The summed E-state index contributed by atoms with van der Waals surface area (Å²) >= 11 is 0. The van der Waals surface area contributed by atoms with Gasteiger partial charge in [-0.25, -0.2) is 4.79 Å². The van der Waals surface area contributed by atoms with Gasteiger partial charge < -0.3 is 9.67 Å². The number of nitrogens with zero attached hydrogens (tertiary/aromatic N) is 2. The third-order valence-electron chi connectivity index (χ3n) is 1.87. The van der Waals surface area contributed by atoms with Gasteiger partial charge in [0.05, 0.1) is 11.1 Å². The molecular weight excluding hydrogens is 200 g/mol. The Morgan fingerprint density at radius 3 is 2.67 bits per heavy atom. The first-order valence-corrected chi connectivity index (χ1v) is 4.49. The summed E-state index contributed by atoms with van der Waals surface area (Å²) in [6.45, 7) is 4.28. The van der Waals surface area contributed by atoms with Crippen LogP contribution in [0, 0.1) is 16.0 Å². The second-order valence-corrected chi connectivity index (χ2v) is 3.69. The number of aromatic carboxylic acids is 1. The average molecular weight is 212 g/mol. The zero-order chi connectivity index (χ0) is 11.6. The number of hydrogen-bond donors (Lipinski definition) is 1. The molecule has 0 radical (unpaired) electrons. The van der Waals surface area contributed by atoms with E-state index in [-0.39, 0.29) is 17.3 Å². The van der Waals surface area contributed by atoms with Crippen molar-refractivity contribution in [3.63, 3.8) is 0 Å². The van der Waals surface area contributed by atoms with E-state index in [1.54, 1.807) is 0 Å². The van der Waals surface area contributed by atoms with E-state index in [0.717, 1.165) is 6.07 Å². The third-order valence-corrected chi connectivity index (χ3v) is 1.87. The fraction of sp³-hybridized carbons (Fsp3) is 0.444. The molecule has 0 spiro atoms. The van der Waals surface area contributed by atoms with E-state index in [1.807, 2.05) is 13.8 Å². The summed E-state index contributed by atoms with van der Waals surface area (Å²) in [5, 5.41) is 19.3. The topological polar surface area (TPSA) is 85.4 Å². The van der Waals surface area contributed by atoms with Crippen molar-refractivity contribution in [2.24, 2.45) is 5.92 Å². The van der Waals surface area contributed by atoms with Gasteiger partial charge in [-0.2, -0.15) is 0 Å². The van der Waals surface area contributed by atoms with Crippen LogP contribution in [0.5, 0.6) is 0 Å². The minimum Gasteiger partial charge on any atom is -0.477 e. The molecule has 0 aliphatic heterocycles. The molecule has 1 heterocycles. The number of aromatic nitrogens is 1. The summed E-state index contributed by atoms with van der Waals surface area (Å²) in [4.78, 5) is 20.7. The first kappa shape index (κ1) is 11.2. The molecule has 0 fully saturated rings. The number of nitro groups is 1. The maximum Gasteiger partial charge on any atom is 0.352 e. The fourth-order valence-corrected chi connectivity index (χ4v) is 1.32. The largest absolute Gasteiger partial charge is 0.477 e. The van der Waals surface area contributed by atoms with Crippen LogP contribution in [-0.2, 0) is 6.54 Å². The lowest BCUT2D eigenvalue weighted by Crippen LogP contribution is -2.10. The zero-order valence-corrected chi connectivity index (χ0v) is 8.51. The molecule has 0 aliphatic carbocycles. The smallest absolute Gasteiger partial charge is 0.352 e. The van der Waals surface area contributed by atoms with Gasteiger partial charge in [0.1, 0.15) is 5.69 Å². The molecule has 82 valence electrons. The SMILES string of the molecule is CC(C)Cn1cc([N+](=O)[O-])cc1C(=O)O. The molecular formula is C9H12N2O4. The standard InChI is InChI=1S/C9H12N2O4/c1-6(2)4-10-5-7(11(14)15)3-8(10)9(12)13/h3,5-6H,4H2,1-2H3,(H,12,13). The molecule has 0 amide bonds. The quantitative estimate of drug-likeness (QED) is 0.608. The normalized spacial score (nSPS) is 10.6. The van der Waals surface area contributed by atoms with Crippen LogP contribution in [-0.4, -0.2) is 20.6 Å².